The van der Waals surface area contributed by atoms with Crippen molar-refractivity contribution in [3.05, 3.63) is 65.1 Å². The summed E-state index contributed by atoms with van der Waals surface area (Å²) in [6.07, 6.45) is -3.31. The first-order chi connectivity index (χ1) is 17.7. The predicted molar refractivity (Wildman–Crippen MR) is 127 cm³/mol. The van der Waals surface area contributed by atoms with E-state index >= 15 is 0 Å². The third-order valence-electron chi connectivity index (χ3n) is 5.29. The number of nitrogens with two attached hydrogens (primary N) is 1. The van der Waals surface area contributed by atoms with Crippen LogP contribution in [0.4, 0.5) is 24.9 Å². The van der Waals surface area contributed by atoms with Crippen molar-refractivity contribution in [2.24, 2.45) is 0 Å². The van der Waals surface area contributed by atoms with Crippen LogP contribution >= 0.6 is 0 Å². The van der Waals surface area contributed by atoms with Crippen molar-refractivity contribution in [1.29, 1.82) is 5.26 Å². The molecule has 0 fully saturated rings. The van der Waals surface area contributed by atoms with E-state index in [-0.39, 0.29) is 29.8 Å². The van der Waals surface area contributed by atoms with Crippen molar-refractivity contribution >= 4 is 23.4 Å². The number of pyridine rings is 1. The highest BCUT2D eigenvalue weighted by molar-refractivity contribution is 5.86. The van der Waals surface area contributed by atoms with Gasteiger partial charge in [-0.2, -0.15) is 22.9 Å². The molecule has 3 aromatic heterocycles. The molecule has 0 atom stereocenters. The summed E-state index contributed by atoms with van der Waals surface area (Å²) in [7, 11) is 0. The fourth-order valence-electron chi connectivity index (χ4n) is 3.48. The maximum absolute atomic E-state index is 13.0. The van der Waals surface area contributed by atoms with Gasteiger partial charge in [0.25, 0.3) is 5.82 Å². The number of fused-ring (bicyclic) bond motifs is 1. The van der Waals surface area contributed by atoms with Crippen LogP contribution < -0.4 is 11.1 Å². The predicted octanol–water partition coefficient (Wildman–Crippen LogP) is 3.88. The Balaban J connectivity index is 1.59. The fraction of sp³-hybridized carbons (Fsp3) is 0.250. The van der Waals surface area contributed by atoms with Crippen LogP contribution in [0.5, 0.6) is 0 Å². The Morgan fingerprint density at radius 2 is 1.92 bits per heavy atom. The maximum Gasteiger partial charge on any atom is 0.416 e. The molecule has 0 unspecified atom stereocenters. The van der Waals surface area contributed by atoms with Gasteiger partial charge in [-0.25, -0.2) is 19.7 Å². The number of carbonyl (C=O) groups is 1. The molecule has 0 aliphatic heterocycles. The fourth-order valence-corrected chi connectivity index (χ4v) is 3.48. The summed E-state index contributed by atoms with van der Waals surface area (Å²) in [6.45, 7) is 2.21. The van der Waals surface area contributed by atoms with E-state index in [1.807, 2.05) is 6.07 Å². The smallest absolute Gasteiger partial charge is 0.416 e. The second-order valence-electron chi connectivity index (χ2n) is 7.84. The third-order valence-corrected chi connectivity index (χ3v) is 5.29. The van der Waals surface area contributed by atoms with Crippen molar-refractivity contribution in [3.8, 4) is 17.3 Å². The lowest BCUT2D eigenvalue weighted by Crippen LogP contribution is -2.12. The highest BCUT2D eigenvalue weighted by Gasteiger charge is 2.30. The zero-order chi connectivity index (χ0) is 26.6. The second kappa shape index (κ2) is 10.5. The van der Waals surface area contributed by atoms with Gasteiger partial charge in [-0.1, -0.05) is 12.1 Å². The highest BCUT2D eigenvalue weighted by atomic mass is 19.4. The zero-order valence-corrected chi connectivity index (χ0v) is 19.6. The molecular formula is C24H21F3N8O2. The average Bonchev–Trinajstić information content (AvgIpc) is 3.31. The van der Waals surface area contributed by atoms with Gasteiger partial charge in [0.2, 0.25) is 5.95 Å². The Labute approximate surface area is 208 Å². The van der Waals surface area contributed by atoms with Gasteiger partial charge in [0.05, 0.1) is 23.4 Å². The number of nitrogens with zero attached hydrogens (tertiary/aromatic N) is 6. The number of nitrogens with one attached hydrogen (secondary N) is 1. The number of carbonyl (C=O) groups excluding carboxylic acids is 1. The molecule has 0 radical (unpaired) electrons. The van der Waals surface area contributed by atoms with Gasteiger partial charge >= 0.3 is 12.1 Å². The summed E-state index contributed by atoms with van der Waals surface area (Å²) in [4.78, 5) is 25.1. The van der Waals surface area contributed by atoms with Crippen LogP contribution in [0.25, 0.3) is 16.9 Å². The Bertz CT molecular complexity index is 1480. The Morgan fingerprint density at radius 1 is 1.16 bits per heavy atom. The zero-order valence-electron chi connectivity index (χ0n) is 19.6. The largest absolute Gasteiger partial charge is 0.460 e. The third kappa shape index (κ3) is 5.75. The van der Waals surface area contributed by atoms with Crippen LogP contribution in [0.3, 0.4) is 0 Å². The van der Waals surface area contributed by atoms with E-state index in [9.17, 15) is 18.0 Å². The van der Waals surface area contributed by atoms with Crippen molar-refractivity contribution in [2.45, 2.75) is 25.9 Å². The number of alkyl halides is 3. The molecule has 190 valence electrons. The lowest BCUT2D eigenvalue weighted by molar-refractivity contribution is -0.137. The van der Waals surface area contributed by atoms with Crippen molar-refractivity contribution in [1.82, 2.24) is 24.6 Å². The standard InChI is InChI=1S/C24H21F3N8O2/c1-2-37-22(36)21-33-19-12-18(14-5-8-16(9-6-14)24(25,26)27)32-23(35(19)34-21)30-11-3-4-17-10-7-15(13-28)20(29)31-17/h5-10,12H,2-4,11H2,1H3,(H2,29,31)(H,30,32). The molecule has 0 aliphatic carbocycles. The first kappa shape index (κ1) is 25.4. The number of nitrogen functional groups attached to an aromatic ring is 1. The quantitative estimate of drug-likeness (QED) is 0.266. The number of ether oxygens (including phenoxy) is 1. The number of aromatic nitrogens is 5. The number of hydrogen-bond donors (Lipinski definition) is 2. The molecule has 10 nitrogen and oxygen atoms in total. The van der Waals surface area contributed by atoms with Crippen molar-refractivity contribution < 1.29 is 22.7 Å². The van der Waals surface area contributed by atoms with Gasteiger partial charge in [0.15, 0.2) is 5.65 Å². The number of esters is 1. The van der Waals surface area contributed by atoms with Crippen LogP contribution in [0.15, 0.2) is 42.5 Å². The van der Waals surface area contributed by atoms with Crippen LogP contribution in [0, 0.1) is 11.3 Å². The average molecular weight is 510 g/mol. The number of halogens is 3. The Hall–Kier alpha value is -4.73. The molecule has 3 N–H and O–H groups in total. The molecular weight excluding hydrogens is 489 g/mol. The van der Waals surface area contributed by atoms with E-state index in [0.717, 1.165) is 12.1 Å². The van der Waals surface area contributed by atoms with Crippen LogP contribution in [0.1, 0.15) is 40.8 Å². The molecule has 37 heavy (non-hydrogen) atoms. The molecule has 0 aliphatic rings. The number of aryl methyl sites for hydroxylation is 1. The monoisotopic (exact) mass is 510 g/mol. The minimum atomic E-state index is -4.46. The maximum atomic E-state index is 13.0. The molecule has 4 aromatic rings. The number of benzene rings is 1. The molecule has 13 heteroatoms. The van der Waals surface area contributed by atoms with E-state index < -0.39 is 17.7 Å². The van der Waals surface area contributed by atoms with Gasteiger partial charge in [-0.05, 0) is 44.0 Å². The van der Waals surface area contributed by atoms with Crippen molar-refractivity contribution in [2.75, 3.05) is 24.2 Å². The number of rotatable bonds is 8. The van der Waals surface area contributed by atoms with E-state index in [0.29, 0.717) is 41.9 Å². The van der Waals surface area contributed by atoms with Crippen LogP contribution in [0.2, 0.25) is 0 Å². The lowest BCUT2D eigenvalue weighted by Gasteiger charge is -2.11. The summed E-state index contributed by atoms with van der Waals surface area (Å²) >= 11 is 0. The van der Waals surface area contributed by atoms with E-state index in [1.165, 1.54) is 22.7 Å². The summed E-state index contributed by atoms with van der Waals surface area (Å²) < 4.78 is 45.2. The second-order valence-corrected chi connectivity index (χ2v) is 7.84. The lowest BCUT2D eigenvalue weighted by atomic mass is 10.1. The van der Waals surface area contributed by atoms with E-state index in [2.05, 4.69) is 25.4 Å². The Kier molecular flexibility index (Phi) is 7.19. The Morgan fingerprint density at radius 3 is 2.57 bits per heavy atom. The molecule has 0 amide bonds. The van der Waals surface area contributed by atoms with Gasteiger partial charge < -0.3 is 15.8 Å². The van der Waals surface area contributed by atoms with Gasteiger partial charge in [-0.15, -0.1) is 5.10 Å². The minimum absolute atomic E-state index is 0.141. The van der Waals surface area contributed by atoms with Crippen LogP contribution in [-0.2, 0) is 17.3 Å². The minimum Gasteiger partial charge on any atom is -0.460 e. The normalized spacial score (nSPS) is 11.3. The molecule has 0 bridgehead atoms. The van der Waals surface area contributed by atoms with E-state index in [4.69, 9.17) is 15.7 Å². The SMILES string of the molecule is CCOC(=O)c1nc2cc(-c3ccc(C(F)(F)F)cc3)nc(NCCCc3ccc(C#N)c(N)n3)n2n1. The topological polar surface area (TPSA) is 144 Å². The summed E-state index contributed by atoms with van der Waals surface area (Å²) in [6, 6.07) is 11.4. The molecule has 1 aromatic carbocycles. The number of hydrogen-bond acceptors (Lipinski definition) is 9. The first-order valence-electron chi connectivity index (χ1n) is 11.2. The number of nitriles is 1. The van der Waals surface area contributed by atoms with E-state index in [1.54, 1.807) is 19.1 Å². The summed E-state index contributed by atoms with van der Waals surface area (Å²) in [5.74, 6) is -0.483. The number of anilines is 2. The van der Waals surface area contributed by atoms with Gasteiger partial charge in [0.1, 0.15) is 11.9 Å². The van der Waals surface area contributed by atoms with Gasteiger partial charge in [0, 0.05) is 23.9 Å². The van der Waals surface area contributed by atoms with Crippen molar-refractivity contribution in [3.63, 3.8) is 0 Å². The first-order valence-corrected chi connectivity index (χ1v) is 11.2. The summed E-state index contributed by atoms with van der Waals surface area (Å²) in [5.41, 5.74) is 7.03. The molecule has 4 rings (SSSR count). The summed E-state index contributed by atoms with van der Waals surface area (Å²) in [5, 5.41) is 16.3. The highest BCUT2D eigenvalue weighted by Crippen LogP contribution is 2.31. The van der Waals surface area contributed by atoms with Gasteiger partial charge in [-0.3, -0.25) is 0 Å². The molecule has 3 heterocycles. The molecule has 0 spiro atoms. The molecule has 0 saturated carbocycles. The molecule has 0 saturated heterocycles. The van der Waals surface area contributed by atoms with Crippen LogP contribution in [-0.4, -0.2) is 43.7 Å².